The van der Waals surface area contributed by atoms with Crippen molar-refractivity contribution in [2.45, 2.75) is 13.1 Å². The van der Waals surface area contributed by atoms with E-state index >= 15 is 0 Å². The Labute approximate surface area is 165 Å². The number of nitrogens with one attached hydrogen (secondary N) is 1. The van der Waals surface area contributed by atoms with Crippen LogP contribution in [0.1, 0.15) is 21.6 Å². The van der Waals surface area contributed by atoms with Crippen molar-refractivity contribution in [2.24, 2.45) is 0 Å². The molecule has 0 fully saturated rings. The largest absolute Gasteiger partial charge is 0.329 e. The number of nitro groups is 1. The number of rotatable bonds is 2. The Morgan fingerprint density at radius 2 is 1.59 bits per heavy atom. The van der Waals surface area contributed by atoms with Crippen LogP contribution < -0.4 is 0 Å². The second-order valence-electron chi connectivity index (χ2n) is 7.03. The van der Waals surface area contributed by atoms with Crippen molar-refractivity contribution in [3.8, 4) is 11.1 Å². The highest BCUT2D eigenvalue weighted by atomic mass is 16.6. The van der Waals surface area contributed by atoms with Crippen LogP contribution in [0.25, 0.3) is 22.0 Å². The first-order valence-electron chi connectivity index (χ1n) is 9.20. The molecule has 1 aliphatic rings. The summed E-state index contributed by atoms with van der Waals surface area (Å²) in [6.45, 7) is 0.875. The molecule has 2 heterocycles. The highest BCUT2D eigenvalue weighted by Gasteiger charge is 2.26. The van der Waals surface area contributed by atoms with E-state index < -0.39 is 4.92 Å². The molecular formula is C22H16N4O3. The Hall–Kier alpha value is -4.00. The number of carbonyl (C=O) groups is 1. The normalized spacial score (nSPS) is 12.9. The van der Waals surface area contributed by atoms with Gasteiger partial charge in [-0.1, -0.05) is 48.5 Å². The maximum atomic E-state index is 13.4. The summed E-state index contributed by atoms with van der Waals surface area (Å²) in [5, 5.41) is 18.6. The minimum Gasteiger partial charge on any atom is -0.329 e. The SMILES string of the molecule is O=C(c1n[nH]c2ccc([N+](=O)[O-])cc12)N1Cc2ccccc2-c2ccccc2C1. The molecule has 0 unspecified atom stereocenters. The van der Waals surface area contributed by atoms with Crippen molar-refractivity contribution < 1.29 is 9.72 Å². The van der Waals surface area contributed by atoms with Gasteiger partial charge in [0.25, 0.3) is 11.6 Å². The lowest BCUT2D eigenvalue weighted by molar-refractivity contribution is -0.384. The minimum atomic E-state index is -0.473. The average Bonchev–Trinajstić information content (AvgIpc) is 3.08. The Kier molecular flexibility index (Phi) is 3.87. The molecule has 1 amide bonds. The third-order valence-corrected chi connectivity index (χ3v) is 5.29. The number of nitrogens with zero attached hydrogens (tertiary/aromatic N) is 3. The van der Waals surface area contributed by atoms with Gasteiger partial charge in [0.15, 0.2) is 5.69 Å². The van der Waals surface area contributed by atoms with Gasteiger partial charge >= 0.3 is 0 Å². The van der Waals surface area contributed by atoms with Gasteiger partial charge in [-0.3, -0.25) is 20.0 Å². The molecule has 1 aliphatic heterocycles. The smallest absolute Gasteiger partial charge is 0.275 e. The Balaban J connectivity index is 1.60. The molecular weight excluding hydrogens is 368 g/mol. The molecule has 3 aromatic carbocycles. The van der Waals surface area contributed by atoms with Gasteiger partial charge in [-0.05, 0) is 28.3 Å². The van der Waals surface area contributed by atoms with Crippen LogP contribution >= 0.6 is 0 Å². The summed E-state index contributed by atoms with van der Waals surface area (Å²) in [6, 6.07) is 20.4. The molecule has 29 heavy (non-hydrogen) atoms. The molecule has 0 saturated heterocycles. The van der Waals surface area contributed by atoms with E-state index in [4.69, 9.17) is 0 Å². The number of nitro benzene ring substituents is 1. The molecule has 0 saturated carbocycles. The van der Waals surface area contributed by atoms with Crippen molar-refractivity contribution >= 4 is 22.5 Å². The summed E-state index contributed by atoms with van der Waals surface area (Å²) in [7, 11) is 0. The third-order valence-electron chi connectivity index (χ3n) is 5.29. The molecule has 142 valence electrons. The Bertz CT molecular complexity index is 1230. The number of hydrogen-bond donors (Lipinski definition) is 1. The van der Waals surface area contributed by atoms with Crippen LogP contribution in [-0.4, -0.2) is 25.9 Å². The van der Waals surface area contributed by atoms with Crippen LogP contribution in [0, 0.1) is 10.1 Å². The van der Waals surface area contributed by atoms with Crippen molar-refractivity contribution in [3.63, 3.8) is 0 Å². The number of fused-ring (bicyclic) bond motifs is 4. The highest BCUT2D eigenvalue weighted by Crippen LogP contribution is 2.33. The van der Waals surface area contributed by atoms with Gasteiger partial charge in [-0.15, -0.1) is 0 Å². The molecule has 1 N–H and O–H groups in total. The predicted molar refractivity (Wildman–Crippen MR) is 108 cm³/mol. The number of non-ortho nitro benzene ring substituents is 1. The summed E-state index contributed by atoms with van der Waals surface area (Å²) in [4.78, 5) is 25.8. The monoisotopic (exact) mass is 384 g/mol. The number of aromatic amines is 1. The fraction of sp³-hybridized carbons (Fsp3) is 0.0909. The molecule has 0 spiro atoms. The van der Waals surface area contributed by atoms with Crippen molar-refractivity contribution in [3.05, 3.63) is 93.7 Å². The van der Waals surface area contributed by atoms with E-state index in [2.05, 4.69) is 22.3 Å². The zero-order valence-corrected chi connectivity index (χ0v) is 15.3. The fourth-order valence-electron chi connectivity index (χ4n) is 3.88. The van der Waals surface area contributed by atoms with E-state index in [0.717, 1.165) is 22.3 Å². The molecule has 4 aromatic rings. The first-order valence-corrected chi connectivity index (χ1v) is 9.20. The van der Waals surface area contributed by atoms with Crippen molar-refractivity contribution in [2.75, 3.05) is 0 Å². The Morgan fingerprint density at radius 3 is 2.21 bits per heavy atom. The van der Waals surface area contributed by atoms with Crippen LogP contribution in [0.15, 0.2) is 66.7 Å². The van der Waals surface area contributed by atoms with Gasteiger partial charge in [-0.2, -0.15) is 5.10 Å². The number of hydrogen-bond acceptors (Lipinski definition) is 4. The van der Waals surface area contributed by atoms with E-state index in [0.29, 0.717) is 24.0 Å². The molecule has 7 nitrogen and oxygen atoms in total. The summed E-state index contributed by atoms with van der Waals surface area (Å²) in [5.74, 6) is -0.261. The zero-order valence-electron chi connectivity index (χ0n) is 15.3. The van der Waals surface area contributed by atoms with Crippen LogP contribution in [-0.2, 0) is 13.1 Å². The molecule has 0 aliphatic carbocycles. The molecule has 0 atom stereocenters. The van der Waals surface area contributed by atoms with Crippen molar-refractivity contribution in [1.82, 2.24) is 15.1 Å². The van der Waals surface area contributed by atoms with Crippen LogP contribution in [0.5, 0.6) is 0 Å². The molecule has 5 rings (SSSR count). The van der Waals surface area contributed by atoms with E-state index in [1.54, 1.807) is 11.0 Å². The molecule has 0 radical (unpaired) electrons. The van der Waals surface area contributed by atoms with Gasteiger partial charge < -0.3 is 4.90 Å². The second kappa shape index (κ2) is 6.56. The topological polar surface area (TPSA) is 92.1 Å². The van der Waals surface area contributed by atoms with Gasteiger partial charge in [0.1, 0.15) is 0 Å². The van der Waals surface area contributed by atoms with Crippen molar-refractivity contribution in [1.29, 1.82) is 0 Å². The Morgan fingerprint density at radius 1 is 0.966 bits per heavy atom. The lowest BCUT2D eigenvalue weighted by Crippen LogP contribution is -2.29. The number of H-pyrrole nitrogens is 1. The predicted octanol–water partition coefficient (Wildman–Crippen LogP) is 4.29. The van der Waals surface area contributed by atoms with Crippen LogP contribution in [0.4, 0.5) is 5.69 Å². The zero-order chi connectivity index (χ0) is 20.0. The van der Waals surface area contributed by atoms with E-state index in [-0.39, 0.29) is 17.3 Å². The summed E-state index contributed by atoms with van der Waals surface area (Å²) in [6.07, 6.45) is 0. The molecule has 1 aromatic heterocycles. The summed E-state index contributed by atoms with van der Waals surface area (Å²) < 4.78 is 0. The highest BCUT2D eigenvalue weighted by molar-refractivity contribution is 6.05. The number of amides is 1. The van der Waals surface area contributed by atoms with Crippen LogP contribution in [0.3, 0.4) is 0 Å². The van der Waals surface area contributed by atoms with Gasteiger partial charge in [-0.25, -0.2) is 0 Å². The van der Waals surface area contributed by atoms with E-state index in [1.807, 2.05) is 36.4 Å². The quantitative estimate of drug-likeness (QED) is 0.412. The standard InChI is InChI=1S/C22H16N4O3/c27-22(21-19-11-16(26(28)29)9-10-20(19)23-24-21)25-12-14-5-1-3-7-17(14)18-8-4-2-6-15(18)13-25/h1-11H,12-13H2,(H,23,24). The molecule has 7 heteroatoms. The fourth-order valence-corrected chi connectivity index (χ4v) is 3.88. The second-order valence-corrected chi connectivity index (χ2v) is 7.03. The number of aromatic nitrogens is 2. The maximum Gasteiger partial charge on any atom is 0.275 e. The van der Waals surface area contributed by atoms with Gasteiger partial charge in [0.2, 0.25) is 0 Å². The average molecular weight is 384 g/mol. The number of carbonyl (C=O) groups excluding carboxylic acids is 1. The van der Waals surface area contributed by atoms with Crippen LogP contribution in [0.2, 0.25) is 0 Å². The van der Waals surface area contributed by atoms with Gasteiger partial charge in [0, 0.05) is 30.6 Å². The first kappa shape index (κ1) is 17.1. The summed E-state index contributed by atoms with van der Waals surface area (Å²) >= 11 is 0. The lowest BCUT2D eigenvalue weighted by Gasteiger charge is -2.20. The summed E-state index contributed by atoms with van der Waals surface area (Å²) in [5.41, 5.74) is 5.05. The van der Waals surface area contributed by atoms with Gasteiger partial charge in [0.05, 0.1) is 10.4 Å². The lowest BCUT2D eigenvalue weighted by atomic mass is 9.97. The van der Waals surface area contributed by atoms with E-state index in [1.165, 1.54) is 12.1 Å². The number of benzene rings is 3. The third kappa shape index (κ3) is 2.84. The maximum absolute atomic E-state index is 13.4. The first-order chi connectivity index (χ1) is 14.1. The minimum absolute atomic E-state index is 0.0699. The molecule has 0 bridgehead atoms. The van der Waals surface area contributed by atoms with E-state index in [9.17, 15) is 14.9 Å².